The van der Waals surface area contributed by atoms with Crippen LogP contribution in [-0.4, -0.2) is 85.3 Å². The summed E-state index contributed by atoms with van der Waals surface area (Å²) < 4.78 is 5.39. The highest BCUT2D eigenvalue weighted by Gasteiger charge is 2.52. The van der Waals surface area contributed by atoms with Crippen molar-refractivity contribution in [3.05, 3.63) is 54.1 Å². The molecule has 6 rings (SSSR count). The van der Waals surface area contributed by atoms with Gasteiger partial charge in [0.1, 0.15) is 12.1 Å². The molecule has 40 heavy (non-hydrogen) atoms. The lowest BCUT2D eigenvalue weighted by Crippen LogP contribution is -2.56. The number of amides is 2. The summed E-state index contributed by atoms with van der Waals surface area (Å²) in [6, 6.07) is 13.5. The number of morpholine rings is 1. The van der Waals surface area contributed by atoms with Crippen molar-refractivity contribution >= 4 is 29.1 Å². The first-order chi connectivity index (χ1) is 19.2. The number of carbonyl (C=O) groups is 4. The number of hydrogen-bond donors (Lipinski definition) is 2. The summed E-state index contributed by atoms with van der Waals surface area (Å²) in [5.74, 6) is -0.819. The Morgan fingerprint density at radius 2 is 1.62 bits per heavy atom. The van der Waals surface area contributed by atoms with E-state index < -0.39 is 18.1 Å². The molecule has 3 fully saturated rings. The molecule has 0 bridgehead atoms. The van der Waals surface area contributed by atoms with Crippen molar-refractivity contribution in [2.24, 2.45) is 5.92 Å². The molecule has 2 amide bonds. The summed E-state index contributed by atoms with van der Waals surface area (Å²) in [6.07, 6.45) is 0.833. The Bertz CT molecular complexity index is 1230. The fraction of sp³-hybridized carbons (Fsp3) is 0.484. The molecule has 1 aromatic rings. The van der Waals surface area contributed by atoms with Gasteiger partial charge in [-0.2, -0.15) is 0 Å². The van der Waals surface area contributed by atoms with E-state index in [-0.39, 0.29) is 41.9 Å². The lowest BCUT2D eigenvalue weighted by molar-refractivity contribution is -0.143. The highest BCUT2D eigenvalue weighted by atomic mass is 16.5. The van der Waals surface area contributed by atoms with E-state index in [0.717, 1.165) is 18.8 Å². The van der Waals surface area contributed by atoms with Crippen LogP contribution < -0.4 is 15.5 Å². The molecule has 2 N–H and O–H groups in total. The number of Topliss-reactive ketones (excluding diaryl/α,β-unsaturated/α-hetero) is 2. The van der Waals surface area contributed by atoms with Gasteiger partial charge in [0.2, 0.25) is 5.91 Å². The molecule has 9 nitrogen and oxygen atoms in total. The van der Waals surface area contributed by atoms with Crippen LogP contribution in [0.1, 0.15) is 44.0 Å². The third-order valence-corrected chi connectivity index (χ3v) is 8.12. The summed E-state index contributed by atoms with van der Waals surface area (Å²) in [4.78, 5) is 55.2. The molecule has 0 radical (unpaired) electrons. The van der Waals surface area contributed by atoms with Crippen LogP contribution in [0.3, 0.4) is 0 Å². The van der Waals surface area contributed by atoms with E-state index in [4.69, 9.17) is 4.74 Å². The second-order valence-corrected chi connectivity index (χ2v) is 11.4. The van der Waals surface area contributed by atoms with Crippen molar-refractivity contribution in [2.45, 2.75) is 57.8 Å². The van der Waals surface area contributed by atoms with E-state index >= 15 is 0 Å². The normalized spacial score (nSPS) is 23.3. The molecule has 4 unspecified atom stereocenters. The number of nitrogens with zero attached hydrogens (tertiary/aromatic N) is 2. The Hall–Kier alpha value is -3.56. The third-order valence-electron chi connectivity index (χ3n) is 8.12. The zero-order valence-electron chi connectivity index (χ0n) is 23.4. The summed E-state index contributed by atoms with van der Waals surface area (Å²) in [6.45, 7) is 8.56. The van der Waals surface area contributed by atoms with Crippen molar-refractivity contribution in [3.8, 4) is 11.1 Å². The largest absolute Gasteiger partial charge is 0.378 e. The fourth-order valence-corrected chi connectivity index (χ4v) is 5.86. The van der Waals surface area contributed by atoms with Gasteiger partial charge >= 0.3 is 0 Å². The molecule has 2 aliphatic carbocycles. The average Bonchev–Trinajstić information content (AvgIpc) is 3.50. The standard InChI is InChI=1S/C25H34N4O5.C6H4/c1-15(2)12-20(25(33)29-21(16(3)30)13-19-23(29)22(31)14-26-19)27-24(32)17-4-6-18(7-5-17)28-8-10-34-11-9-28;1-2-6-4-3-5(1)6/h4-7,15,19-21,23,26H,8-14H2,1-3H3,(H,27,32);1-4H. The zero-order valence-corrected chi connectivity index (χ0v) is 23.4. The Morgan fingerprint density at radius 1 is 1.00 bits per heavy atom. The van der Waals surface area contributed by atoms with Crippen LogP contribution in [-0.2, 0) is 19.1 Å². The van der Waals surface area contributed by atoms with Gasteiger partial charge in [0.05, 0.1) is 25.8 Å². The molecule has 4 atom stereocenters. The van der Waals surface area contributed by atoms with Crippen molar-refractivity contribution in [3.63, 3.8) is 0 Å². The quantitative estimate of drug-likeness (QED) is 0.469. The number of likely N-dealkylation sites (tertiary alicyclic amines) is 1. The van der Waals surface area contributed by atoms with E-state index in [0.29, 0.717) is 31.6 Å². The topological polar surface area (TPSA) is 108 Å². The maximum absolute atomic E-state index is 13.7. The Balaban J connectivity index is 0.000000467. The molecule has 3 saturated heterocycles. The van der Waals surface area contributed by atoms with Gasteiger partial charge in [0.25, 0.3) is 5.91 Å². The van der Waals surface area contributed by atoms with E-state index in [9.17, 15) is 19.2 Å². The Morgan fingerprint density at radius 3 is 2.15 bits per heavy atom. The molecule has 0 saturated carbocycles. The van der Waals surface area contributed by atoms with Gasteiger partial charge in [-0.25, -0.2) is 0 Å². The van der Waals surface area contributed by atoms with Gasteiger partial charge in [-0.15, -0.1) is 0 Å². The van der Waals surface area contributed by atoms with E-state index in [1.54, 1.807) is 12.1 Å². The molecule has 0 aromatic heterocycles. The number of rotatable bonds is 7. The second kappa shape index (κ2) is 11.9. The maximum atomic E-state index is 13.7. The molecule has 3 heterocycles. The van der Waals surface area contributed by atoms with Crippen molar-refractivity contribution in [2.75, 3.05) is 37.7 Å². The summed E-state index contributed by atoms with van der Waals surface area (Å²) in [5, 5.41) is 6.01. The fourth-order valence-electron chi connectivity index (χ4n) is 5.86. The molecule has 212 valence electrons. The minimum absolute atomic E-state index is 0.0876. The second-order valence-electron chi connectivity index (χ2n) is 11.4. The molecular weight excluding hydrogens is 508 g/mol. The molecular formula is C31H38N4O5. The predicted molar refractivity (Wildman–Crippen MR) is 152 cm³/mol. The Kier molecular flexibility index (Phi) is 8.32. The number of ether oxygens (including phenoxy) is 1. The van der Waals surface area contributed by atoms with Crippen LogP contribution in [0, 0.1) is 5.92 Å². The number of hydrogen-bond acceptors (Lipinski definition) is 7. The molecule has 0 spiro atoms. The lowest BCUT2D eigenvalue weighted by Gasteiger charge is -2.32. The third kappa shape index (κ3) is 5.81. The van der Waals surface area contributed by atoms with Gasteiger partial charge in [-0.3, -0.25) is 19.2 Å². The molecule has 5 aliphatic rings. The first-order valence-corrected chi connectivity index (χ1v) is 14.2. The van der Waals surface area contributed by atoms with Gasteiger partial charge in [-0.05, 0) is 61.1 Å². The van der Waals surface area contributed by atoms with Crippen LogP contribution in [0.15, 0.2) is 48.5 Å². The molecule has 1 aromatic carbocycles. The average molecular weight is 547 g/mol. The van der Waals surface area contributed by atoms with Gasteiger partial charge < -0.3 is 25.2 Å². The van der Waals surface area contributed by atoms with Crippen LogP contribution in [0.25, 0.3) is 11.1 Å². The number of benzene rings is 2. The minimum atomic E-state index is -0.819. The van der Waals surface area contributed by atoms with Crippen LogP contribution in [0.2, 0.25) is 0 Å². The lowest BCUT2D eigenvalue weighted by atomic mass is 9.95. The summed E-state index contributed by atoms with van der Waals surface area (Å²) in [5.41, 5.74) is 4.33. The number of ketones is 2. The van der Waals surface area contributed by atoms with Crippen LogP contribution in [0.4, 0.5) is 5.69 Å². The highest BCUT2D eigenvalue weighted by Crippen LogP contribution is 2.31. The smallest absolute Gasteiger partial charge is 0.251 e. The minimum Gasteiger partial charge on any atom is -0.378 e. The van der Waals surface area contributed by atoms with Crippen LogP contribution >= 0.6 is 0 Å². The maximum Gasteiger partial charge on any atom is 0.251 e. The monoisotopic (exact) mass is 546 g/mol. The molecule has 9 heteroatoms. The van der Waals surface area contributed by atoms with Crippen molar-refractivity contribution in [1.82, 2.24) is 15.5 Å². The highest BCUT2D eigenvalue weighted by molar-refractivity contribution is 6.01. The first-order valence-electron chi connectivity index (χ1n) is 14.2. The number of nitrogens with one attached hydrogen (secondary N) is 2. The first kappa shape index (κ1) is 28.0. The predicted octanol–water partition coefficient (Wildman–Crippen LogP) is 2.43. The van der Waals surface area contributed by atoms with Gasteiger partial charge in [0.15, 0.2) is 11.6 Å². The Labute approximate surface area is 235 Å². The van der Waals surface area contributed by atoms with E-state index in [1.807, 2.05) is 26.0 Å². The summed E-state index contributed by atoms with van der Waals surface area (Å²) in [7, 11) is 0. The molecule has 3 aliphatic heterocycles. The zero-order chi connectivity index (χ0) is 28.4. The number of carbonyl (C=O) groups excluding carboxylic acids is 4. The van der Waals surface area contributed by atoms with Crippen molar-refractivity contribution < 1.29 is 23.9 Å². The van der Waals surface area contributed by atoms with Gasteiger partial charge in [0, 0.05) is 30.4 Å². The van der Waals surface area contributed by atoms with Crippen molar-refractivity contribution in [1.29, 1.82) is 0 Å². The number of anilines is 1. The van der Waals surface area contributed by atoms with E-state index in [1.165, 1.54) is 23.0 Å². The summed E-state index contributed by atoms with van der Waals surface area (Å²) >= 11 is 0. The van der Waals surface area contributed by atoms with Crippen LogP contribution in [0.5, 0.6) is 0 Å². The van der Waals surface area contributed by atoms with E-state index in [2.05, 4.69) is 39.8 Å². The SMILES string of the molecule is CC(=O)C1CC2NCC(=O)C2N1C(=O)C(CC(C)C)NC(=O)c1ccc(N2CCOCC2)cc1.c1cc2ccc1-2. The van der Waals surface area contributed by atoms with Gasteiger partial charge in [-0.1, -0.05) is 38.1 Å². The number of fused-ring (bicyclic) bond motifs is 2.